The molecular formula is C30H43N4O4S+. The van der Waals surface area contributed by atoms with Gasteiger partial charge in [0.25, 0.3) is 0 Å². The largest absolute Gasteiger partial charge is 0.494 e. The molecular weight excluding hydrogens is 512 g/mol. The number of aromatic hydroxyl groups is 2. The van der Waals surface area contributed by atoms with Crippen LogP contribution in [0.25, 0.3) is 10.1 Å². The van der Waals surface area contributed by atoms with E-state index in [1.807, 2.05) is 0 Å². The smallest absolute Gasteiger partial charge is 0.310 e. The SMILES string of the molecule is CCCCCC(=O)OC[N+]1(CCCCn2c(O)c3c(c2O)CCCC3)CCN(c2nsc3ccccc23)CC1. The molecule has 3 heterocycles. The average Bonchev–Trinajstić information content (AvgIpc) is 3.50. The van der Waals surface area contributed by atoms with Crippen LogP contribution in [0.5, 0.6) is 11.8 Å². The zero-order chi connectivity index (χ0) is 27.2. The van der Waals surface area contributed by atoms with Crippen LogP contribution in [0.15, 0.2) is 24.3 Å². The number of aromatic nitrogens is 2. The zero-order valence-electron chi connectivity index (χ0n) is 23.2. The summed E-state index contributed by atoms with van der Waals surface area (Å²) in [5, 5.41) is 22.6. The first-order chi connectivity index (χ1) is 19.0. The lowest BCUT2D eigenvalue weighted by Crippen LogP contribution is -2.61. The summed E-state index contributed by atoms with van der Waals surface area (Å²) in [4.78, 5) is 14.9. The normalized spacial score (nSPS) is 16.9. The van der Waals surface area contributed by atoms with E-state index in [-0.39, 0.29) is 17.7 Å². The molecule has 2 aliphatic rings. The van der Waals surface area contributed by atoms with Crippen LogP contribution in [0, 0.1) is 0 Å². The Labute approximate surface area is 235 Å². The number of hydrogen-bond acceptors (Lipinski definition) is 7. The maximum Gasteiger partial charge on any atom is 0.310 e. The van der Waals surface area contributed by atoms with E-state index in [9.17, 15) is 15.0 Å². The second kappa shape index (κ2) is 12.6. The fraction of sp³-hybridized carbons (Fsp3) is 0.600. The molecule has 0 spiro atoms. The quantitative estimate of drug-likeness (QED) is 0.172. The van der Waals surface area contributed by atoms with Gasteiger partial charge in [0.1, 0.15) is 0 Å². The molecule has 0 saturated carbocycles. The van der Waals surface area contributed by atoms with E-state index in [0.717, 1.165) is 112 Å². The number of piperazine rings is 1. The number of quaternary nitrogens is 1. The summed E-state index contributed by atoms with van der Waals surface area (Å²) >= 11 is 1.55. The van der Waals surface area contributed by atoms with Crippen molar-refractivity contribution in [2.75, 3.05) is 44.4 Å². The summed E-state index contributed by atoms with van der Waals surface area (Å²) in [5.41, 5.74) is 1.87. The van der Waals surface area contributed by atoms with Crippen LogP contribution < -0.4 is 4.90 Å². The van der Waals surface area contributed by atoms with Gasteiger partial charge in [0.2, 0.25) is 6.73 Å². The topological polar surface area (TPSA) is 87.8 Å². The Kier molecular flexibility index (Phi) is 8.97. The highest BCUT2D eigenvalue weighted by Gasteiger charge is 2.35. The van der Waals surface area contributed by atoms with Gasteiger partial charge in [-0.1, -0.05) is 31.9 Å². The first kappa shape index (κ1) is 27.8. The molecule has 5 rings (SSSR count). The van der Waals surface area contributed by atoms with Crippen molar-refractivity contribution in [2.45, 2.75) is 77.7 Å². The Morgan fingerprint density at radius 1 is 1.03 bits per heavy atom. The third-order valence-electron chi connectivity index (χ3n) is 8.61. The van der Waals surface area contributed by atoms with Gasteiger partial charge in [-0.25, -0.2) is 0 Å². The van der Waals surface area contributed by atoms with Gasteiger partial charge in [-0.05, 0) is 68.6 Å². The van der Waals surface area contributed by atoms with Crippen molar-refractivity contribution >= 4 is 33.4 Å². The number of fused-ring (bicyclic) bond motifs is 2. The molecule has 1 saturated heterocycles. The van der Waals surface area contributed by atoms with E-state index in [0.29, 0.717) is 19.7 Å². The van der Waals surface area contributed by atoms with E-state index in [2.05, 4.69) is 36.1 Å². The number of carbonyl (C=O) groups excluding carboxylic acids is 1. The molecule has 212 valence electrons. The first-order valence-electron chi connectivity index (χ1n) is 14.7. The second-order valence-electron chi connectivity index (χ2n) is 11.3. The van der Waals surface area contributed by atoms with Crippen molar-refractivity contribution in [1.82, 2.24) is 8.94 Å². The van der Waals surface area contributed by atoms with Gasteiger partial charge in [-0.2, -0.15) is 4.37 Å². The minimum Gasteiger partial charge on any atom is -0.494 e. The van der Waals surface area contributed by atoms with Gasteiger partial charge in [0.15, 0.2) is 17.6 Å². The van der Waals surface area contributed by atoms with Crippen molar-refractivity contribution in [1.29, 1.82) is 0 Å². The lowest BCUT2D eigenvalue weighted by molar-refractivity contribution is -0.944. The van der Waals surface area contributed by atoms with Crippen LogP contribution in [0.3, 0.4) is 0 Å². The second-order valence-corrected chi connectivity index (χ2v) is 12.1. The summed E-state index contributed by atoms with van der Waals surface area (Å²) in [7, 11) is 0. The van der Waals surface area contributed by atoms with E-state index in [1.54, 1.807) is 16.1 Å². The molecule has 2 N–H and O–H groups in total. The lowest BCUT2D eigenvalue weighted by atomic mass is 9.95. The Morgan fingerprint density at radius 2 is 1.74 bits per heavy atom. The fourth-order valence-electron chi connectivity index (χ4n) is 6.17. The Hall–Kier alpha value is -2.78. The number of benzene rings is 1. The highest BCUT2D eigenvalue weighted by Crippen LogP contribution is 2.39. The van der Waals surface area contributed by atoms with Crippen molar-refractivity contribution < 1.29 is 24.2 Å². The minimum atomic E-state index is -0.0957. The van der Waals surface area contributed by atoms with Gasteiger partial charge >= 0.3 is 5.97 Å². The third-order valence-corrected chi connectivity index (χ3v) is 9.43. The third kappa shape index (κ3) is 6.19. The molecule has 1 fully saturated rings. The molecule has 0 unspecified atom stereocenters. The van der Waals surface area contributed by atoms with Gasteiger partial charge in [0.05, 0.1) is 37.4 Å². The molecule has 0 bridgehead atoms. The average molecular weight is 556 g/mol. The monoisotopic (exact) mass is 555 g/mol. The van der Waals surface area contributed by atoms with E-state index < -0.39 is 0 Å². The molecule has 9 heteroatoms. The molecule has 1 aliphatic carbocycles. The van der Waals surface area contributed by atoms with Gasteiger partial charge in [-0.15, -0.1) is 0 Å². The van der Waals surface area contributed by atoms with Crippen LogP contribution in [0.2, 0.25) is 0 Å². The number of anilines is 1. The molecule has 8 nitrogen and oxygen atoms in total. The molecule has 1 aliphatic heterocycles. The molecule has 0 radical (unpaired) electrons. The Morgan fingerprint density at radius 3 is 2.46 bits per heavy atom. The molecule has 3 aromatic rings. The summed E-state index contributed by atoms with van der Waals surface area (Å²) in [5.74, 6) is 1.46. The fourth-order valence-corrected chi connectivity index (χ4v) is 6.97. The highest BCUT2D eigenvalue weighted by atomic mass is 32.1. The molecule has 0 amide bonds. The predicted molar refractivity (Wildman–Crippen MR) is 155 cm³/mol. The van der Waals surface area contributed by atoms with Gasteiger partial charge in [-0.3, -0.25) is 13.8 Å². The number of unbranched alkanes of at least 4 members (excludes halogenated alkanes) is 3. The number of esters is 1. The molecule has 1 aromatic carbocycles. The summed E-state index contributed by atoms with van der Waals surface area (Å²) in [6.45, 7) is 7.56. The number of nitrogens with zero attached hydrogens (tertiary/aromatic N) is 4. The van der Waals surface area contributed by atoms with Crippen molar-refractivity contribution in [3.8, 4) is 11.8 Å². The summed E-state index contributed by atoms with van der Waals surface area (Å²) in [6, 6.07) is 8.39. The van der Waals surface area contributed by atoms with Gasteiger partial charge in [0, 0.05) is 29.5 Å². The van der Waals surface area contributed by atoms with Gasteiger partial charge < -0.3 is 19.8 Å². The number of carbonyl (C=O) groups is 1. The van der Waals surface area contributed by atoms with Crippen LogP contribution >= 0.6 is 11.5 Å². The number of ether oxygens (including phenoxy) is 1. The highest BCUT2D eigenvalue weighted by molar-refractivity contribution is 7.13. The maximum atomic E-state index is 12.5. The van der Waals surface area contributed by atoms with Crippen LogP contribution in [-0.2, 0) is 28.9 Å². The summed E-state index contributed by atoms with van der Waals surface area (Å²) in [6.07, 6.45) is 9.10. The predicted octanol–water partition coefficient (Wildman–Crippen LogP) is 5.59. The van der Waals surface area contributed by atoms with Crippen molar-refractivity contribution in [3.05, 3.63) is 35.4 Å². The van der Waals surface area contributed by atoms with Crippen molar-refractivity contribution in [2.24, 2.45) is 0 Å². The Balaban J connectivity index is 1.21. The molecule has 2 aromatic heterocycles. The lowest BCUT2D eigenvalue weighted by Gasteiger charge is -2.44. The van der Waals surface area contributed by atoms with E-state index >= 15 is 0 Å². The summed E-state index contributed by atoms with van der Waals surface area (Å²) < 4.78 is 14.3. The zero-order valence-corrected chi connectivity index (χ0v) is 24.1. The maximum absolute atomic E-state index is 12.5. The Bertz CT molecular complexity index is 1230. The molecule has 0 atom stereocenters. The van der Waals surface area contributed by atoms with Crippen LogP contribution in [0.4, 0.5) is 5.82 Å². The number of rotatable bonds is 12. The van der Waals surface area contributed by atoms with Crippen molar-refractivity contribution in [3.63, 3.8) is 0 Å². The first-order valence-corrected chi connectivity index (χ1v) is 15.5. The van der Waals surface area contributed by atoms with E-state index in [4.69, 9.17) is 9.11 Å². The van der Waals surface area contributed by atoms with Crippen LogP contribution in [0.1, 0.15) is 69.4 Å². The minimum absolute atomic E-state index is 0.0957. The van der Waals surface area contributed by atoms with E-state index in [1.165, 1.54) is 10.1 Å². The number of hydrogen-bond donors (Lipinski definition) is 2. The molecule has 39 heavy (non-hydrogen) atoms. The van der Waals surface area contributed by atoms with Crippen LogP contribution in [-0.4, -0.2) is 69.1 Å². The standard InChI is InChI=1S/C30H42N4O4S/c1-2-3-4-15-27(35)38-22-34(19-10-9-16-33-29(36)23-11-5-6-12-24(23)30(33)37)20-17-32(18-21-34)28-25-13-7-8-14-26(25)39-31-28/h7-8,13-14H,2-6,9-12,15-22H2,1H3,(H-,36,37)/p+1.